The summed E-state index contributed by atoms with van der Waals surface area (Å²) in [7, 11) is 0. The largest absolute Gasteiger partial charge is 0.373 e. The maximum Gasteiger partial charge on any atom is 0.266 e. The van der Waals surface area contributed by atoms with Crippen LogP contribution in [0.3, 0.4) is 0 Å². The minimum atomic E-state index is -1.79. The van der Waals surface area contributed by atoms with Gasteiger partial charge in [0.1, 0.15) is 11.9 Å². The SMILES string of the molecule is CCCN1C(=O)[C@@](O)([C@H]2CC(=O)CC(C)(C)O2)c2ccccc21. The van der Waals surface area contributed by atoms with Crippen molar-refractivity contribution >= 4 is 17.4 Å². The minimum Gasteiger partial charge on any atom is -0.373 e. The molecule has 2 aliphatic heterocycles. The van der Waals surface area contributed by atoms with Crippen molar-refractivity contribution in [3.63, 3.8) is 0 Å². The van der Waals surface area contributed by atoms with Crippen LogP contribution in [0, 0.1) is 0 Å². The molecule has 2 heterocycles. The number of aliphatic hydroxyl groups is 1. The first kappa shape index (κ1) is 16.1. The maximum absolute atomic E-state index is 13.0. The molecule has 0 spiro atoms. The van der Waals surface area contributed by atoms with Crippen molar-refractivity contribution in [2.45, 2.75) is 57.3 Å². The second kappa shape index (κ2) is 5.42. The first-order valence-corrected chi connectivity index (χ1v) is 8.13. The van der Waals surface area contributed by atoms with Gasteiger partial charge in [-0.15, -0.1) is 0 Å². The molecule has 1 amide bonds. The molecule has 0 unspecified atom stereocenters. The Balaban J connectivity index is 2.06. The van der Waals surface area contributed by atoms with Crippen LogP contribution in [0.25, 0.3) is 0 Å². The second-order valence-corrected chi connectivity index (χ2v) is 7.03. The van der Waals surface area contributed by atoms with Gasteiger partial charge in [-0.2, -0.15) is 0 Å². The lowest BCUT2D eigenvalue weighted by Gasteiger charge is -2.41. The molecule has 1 saturated heterocycles. The highest BCUT2D eigenvalue weighted by Crippen LogP contribution is 2.46. The molecule has 3 rings (SSSR count). The zero-order chi connectivity index (χ0) is 16.8. The predicted molar refractivity (Wildman–Crippen MR) is 86.2 cm³/mol. The molecule has 0 saturated carbocycles. The number of Topliss-reactive ketones (excluding diaryl/α,β-unsaturated/α-hetero) is 1. The lowest BCUT2D eigenvalue weighted by Crippen LogP contribution is -2.55. The molecule has 1 N–H and O–H groups in total. The molecule has 5 nitrogen and oxygen atoms in total. The minimum absolute atomic E-state index is 0.0129. The average molecular weight is 317 g/mol. The van der Waals surface area contributed by atoms with Crippen molar-refractivity contribution < 1.29 is 19.4 Å². The molecular formula is C18H23NO4. The van der Waals surface area contributed by atoms with Gasteiger partial charge in [0.2, 0.25) is 0 Å². The third-order valence-corrected chi connectivity index (χ3v) is 4.59. The molecule has 0 bridgehead atoms. The Morgan fingerprint density at radius 1 is 1.30 bits per heavy atom. The van der Waals surface area contributed by atoms with E-state index in [1.165, 1.54) is 0 Å². The van der Waals surface area contributed by atoms with Crippen LogP contribution in [0.5, 0.6) is 0 Å². The first-order valence-electron chi connectivity index (χ1n) is 8.13. The Labute approximate surface area is 136 Å². The fourth-order valence-corrected chi connectivity index (χ4v) is 3.67. The van der Waals surface area contributed by atoms with E-state index in [0.29, 0.717) is 24.2 Å². The van der Waals surface area contributed by atoms with E-state index in [0.717, 1.165) is 6.42 Å². The molecule has 0 radical (unpaired) electrons. The summed E-state index contributed by atoms with van der Waals surface area (Å²) in [5, 5.41) is 11.3. The summed E-state index contributed by atoms with van der Waals surface area (Å²) in [5.74, 6) is -0.380. The predicted octanol–water partition coefficient (Wildman–Crippen LogP) is 2.16. The van der Waals surface area contributed by atoms with Gasteiger partial charge in [-0.1, -0.05) is 25.1 Å². The molecule has 5 heteroatoms. The number of ketones is 1. The second-order valence-electron chi connectivity index (χ2n) is 7.03. The van der Waals surface area contributed by atoms with Crippen molar-refractivity contribution in [2.75, 3.05) is 11.4 Å². The number of rotatable bonds is 3. The van der Waals surface area contributed by atoms with Crippen molar-refractivity contribution in [3.05, 3.63) is 29.8 Å². The molecule has 23 heavy (non-hydrogen) atoms. The van der Waals surface area contributed by atoms with Crippen molar-refractivity contribution in [1.82, 2.24) is 0 Å². The highest BCUT2D eigenvalue weighted by atomic mass is 16.5. The van der Waals surface area contributed by atoms with Crippen molar-refractivity contribution in [3.8, 4) is 0 Å². The zero-order valence-corrected chi connectivity index (χ0v) is 13.8. The average Bonchev–Trinajstić information content (AvgIpc) is 2.69. The van der Waals surface area contributed by atoms with Gasteiger partial charge in [-0.3, -0.25) is 9.59 Å². The van der Waals surface area contributed by atoms with E-state index < -0.39 is 23.2 Å². The summed E-state index contributed by atoms with van der Waals surface area (Å²) in [5.41, 5.74) is -1.22. The summed E-state index contributed by atoms with van der Waals surface area (Å²) >= 11 is 0. The van der Waals surface area contributed by atoms with Crippen LogP contribution in [0.15, 0.2) is 24.3 Å². The van der Waals surface area contributed by atoms with E-state index in [-0.39, 0.29) is 12.2 Å². The monoisotopic (exact) mass is 317 g/mol. The van der Waals surface area contributed by atoms with E-state index in [1.54, 1.807) is 17.0 Å². The molecule has 2 atom stereocenters. The molecule has 0 aliphatic carbocycles. The lowest BCUT2D eigenvalue weighted by molar-refractivity contribution is -0.194. The smallest absolute Gasteiger partial charge is 0.266 e. The van der Waals surface area contributed by atoms with Gasteiger partial charge in [0.05, 0.1) is 11.3 Å². The number of anilines is 1. The van der Waals surface area contributed by atoms with Gasteiger partial charge >= 0.3 is 0 Å². The molecule has 2 aliphatic rings. The Kier molecular flexibility index (Phi) is 3.81. The number of hydrogen-bond acceptors (Lipinski definition) is 4. The molecule has 0 aromatic heterocycles. The maximum atomic E-state index is 13.0. The van der Waals surface area contributed by atoms with Gasteiger partial charge in [0, 0.05) is 24.9 Å². The van der Waals surface area contributed by atoms with Gasteiger partial charge in [0.25, 0.3) is 5.91 Å². The molecule has 1 aromatic rings. The van der Waals surface area contributed by atoms with Crippen LogP contribution in [-0.2, 0) is 19.9 Å². The highest BCUT2D eigenvalue weighted by Gasteiger charge is 2.57. The van der Waals surface area contributed by atoms with E-state index >= 15 is 0 Å². The van der Waals surface area contributed by atoms with Gasteiger partial charge in [0.15, 0.2) is 5.60 Å². The summed E-state index contributed by atoms with van der Waals surface area (Å²) in [6.45, 7) is 6.14. The van der Waals surface area contributed by atoms with Gasteiger partial charge < -0.3 is 14.7 Å². The van der Waals surface area contributed by atoms with E-state index in [9.17, 15) is 14.7 Å². The number of nitrogens with zero attached hydrogens (tertiary/aromatic N) is 1. The standard InChI is InChI=1S/C18H23NO4/c1-4-9-19-14-8-6-5-7-13(14)18(22,16(19)21)15-10-12(20)11-17(2,3)23-15/h5-8,15,22H,4,9-11H2,1-3H3/t15-,18+/m1/s1. The molecule has 124 valence electrons. The summed E-state index contributed by atoms with van der Waals surface area (Å²) in [4.78, 5) is 26.7. The first-order chi connectivity index (χ1) is 10.8. The number of carbonyl (C=O) groups excluding carboxylic acids is 2. The van der Waals surface area contributed by atoms with Crippen molar-refractivity contribution in [2.24, 2.45) is 0 Å². The Morgan fingerprint density at radius 2 is 2.00 bits per heavy atom. The van der Waals surface area contributed by atoms with Crippen LogP contribution in [-0.4, -0.2) is 35.0 Å². The normalized spacial score (nSPS) is 29.7. The number of hydrogen-bond donors (Lipinski definition) is 1. The van der Waals surface area contributed by atoms with Crippen LogP contribution >= 0.6 is 0 Å². The van der Waals surface area contributed by atoms with Crippen molar-refractivity contribution in [1.29, 1.82) is 0 Å². The number of fused-ring (bicyclic) bond motifs is 1. The quantitative estimate of drug-likeness (QED) is 0.927. The summed E-state index contributed by atoms with van der Waals surface area (Å²) in [6.07, 6.45) is 0.287. The topological polar surface area (TPSA) is 66.8 Å². The number of benzene rings is 1. The molecular weight excluding hydrogens is 294 g/mol. The fraction of sp³-hybridized carbons (Fsp3) is 0.556. The number of para-hydroxylation sites is 1. The van der Waals surface area contributed by atoms with Gasteiger partial charge in [-0.05, 0) is 26.3 Å². The Bertz CT molecular complexity index is 654. The van der Waals surface area contributed by atoms with E-state index in [4.69, 9.17) is 4.74 Å². The molecule has 1 aromatic carbocycles. The van der Waals surface area contributed by atoms with Crippen LogP contribution in [0.2, 0.25) is 0 Å². The fourth-order valence-electron chi connectivity index (χ4n) is 3.67. The third kappa shape index (κ3) is 2.48. The zero-order valence-electron chi connectivity index (χ0n) is 13.8. The number of carbonyl (C=O) groups is 2. The number of ether oxygens (including phenoxy) is 1. The summed E-state index contributed by atoms with van der Waals surface area (Å²) < 4.78 is 5.97. The van der Waals surface area contributed by atoms with E-state index in [1.807, 2.05) is 32.9 Å². The van der Waals surface area contributed by atoms with Crippen LogP contribution < -0.4 is 4.90 Å². The summed E-state index contributed by atoms with van der Waals surface area (Å²) in [6, 6.07) is 7.22. The van der Waals surface area contributed by atoms with E-state index in [2.05, 4.69) is 0 Å². The Hall–Kier alpha value is -1.72. The van der Waals surface area contributed by atoms with Crippen LogP contribution in [0.1, 0.15) is 45.6 Å². The highest BCUT2D eigenvalue weighted by molar-refractivity contribution is 6.07. The third-order valence-electron chi connectivity index (χ3n) is 4.59. The van der Waals surface area contributed by atoms with Gasteiger partial charge in [-0.25, -0.2) is 0 Å². The Morgan fingerprint density at radius 3 is 2.65 bits per heavy atom. The van der Waals surface area contributed by atoms with Crippen LogP contribution in [0.4, 0.5) is 5.69 Å². The number of amides is 1. The molecule has 1 fully saturated rings. The lowest BCUT2D eigenvalue weighted by atomic mass is 9.82.